The van der Waals surface area contributed by atoms with Gasteiger partial charge in [-0.3, -0.25) is 0 Å². The fourth-order valence-corrected chi connectivity index (χ4v) is 10.8. The van der Waals surface area contributed by atoms with Crippen LogP contribution in [0.4, 0.5) is 0 Å². The van der Waals surface area contributed by atoms with Crippen molar-refractivity contribution in [2.75, 3.05) is 11.5 Å². The zero-order valence-corrected chi connectivity index (χ0v) is 24.3. The van der Waals surface area contributed by atoms with E-state index < -0.39 is 0 Å². The van der Waals surface area contributed by atoms with Crippen LogP contribution in [0.5, 0.6) is 0 Å². The number of nitrogens with zero attached hydrogens (tertiary/aromatic N) is 6. The van der Waals surface area contributed by atoms with E-state index in [1.165, 1.54) is 0 Å². The maximum absolute atomic E-state index is 4.57. The average Bonchev–Trinajstić information content (AvgIpc) is 2.69. The molecule has 0 atom stereocenters. The Kier molecular flexibility index (Phi) is 11.0. The van der Waals surface area contributed by atoms with Crippen LogP contribution in [-0.4, -0.2) is 46.7 Å². The molecule has 6 nitrogen and oxygen atoms in total. The summed E-state index contributed by atoms with van der Waals surface area (Å²) in [6, 6.07) is 5.99. The number of hydrogen-bond acceptors (Lipinski definition) is 12. The van der Waals surface area contributed by atoms with Crippen molar-refractivity contribution in [1.29, 1.82) is 0 Å². The summed E-state index contributed by atoms with van der Waals surface area (Å²) in [6.45, 7) is 12.0. The summed E-state index contributed by atoms with van der Waals surface area (Å²) in [5.74, 6) is 1.90. The second kappa shape index (κ2) is 13.4. The lowest BCUT2D eigenvalue weighted by Gasteiger charge is -2.14. The first-order chi connectivity index (χ1) is 15.8. The summed E-state index contributed by atoms with van der Waals surface area (Å²) >= 11 is 0. The molecule has 0 bridgehead atoms. The fourth-order valence-electron chi connectivity index (χ4n) is 2.73. The highest BCUT2D eigenvalue weighted by molar-refractivity contribution is 8.79. The SMILES string of the molecule is Cc1cc(C)nc(SSCC(CSSc2nc(C)cc(C)n2)SSc2nc(C)cc(C)n2)n1. The minimum atomic E-state index is 0.381. The monoisotopic (exact) mass is 554 g/mol. The highest BCUT2D eigenvalue weighted by Gasteiger charge is 2.15. The van der Waals surface area contributed by atoms with Crippen molar-refractivity contribution in [1.82, 2.24) is 29.9 Å². The molecule has 0 aliphatic heterocycles. The Morgan fingerprint density at radius 2 is 0.818 bits per heavy atom. The van der Waals surface area contributed by atoms with Crippen LogP contribution >= 0.6 is 64.8 Å². The lowest BCUT2D eigenvalue weighted by molar-refractivity contribution is 0.906. The fraction of sp³-hybridized carbons (Fsp3) is 0.429. The molecular weight excluding hydrogens is 529 g/mol. The first-order valence-electron chi connectivity index (χ1n) is 10.2. The molecule has 0 spiro atoms. The summed E-state index contributed by atoms with van der Waals surface area (Å²) in [4.78, 5) is 27.3. The first kappa shape index (κ1) is 26.9. The van der Waals surface area contributed by atoms with E-state index >= 15 is 0 Å². The van der Waals surface area contributed by atoms with Crippen molar-refractivity contribution < 1.29 is 0 Å². The van der Waals surface area contributed by atoms with Crippen molar-refractivity contribution in [3.8, 4) is 0 Å². The Labute approximate surface area is 219 Å². The third kappa shape index (κ3) is 9.85. The van der Waals surface area contributed by atoms with E-state index in [0.717, 1.165) is 61.1 Å². The lowest BCUT2D eigenvalue weighted by Crippen LogP contribution is -2.08. The van der Waals surface area contributed by atoms with Gasteiger partial charge in [-0.2, -0.15) is 0 Å². The zero-order chi connectivity index (χ0) is 23.8. The van der Waals surface area contributed by atoms with Crippen LogP contribution in [0.15, 0.2) is 33.7 Å². The van der Waals surface area contributed by atoms with Crippen LogP contribution < -0.4 is 0 Å². The molecule has 3 aromatic rings. The number of aromatic nitrogens is 6. The van der Waals surface area contributed by atoms with Gasteiger partial charge in [-0.15, -0.1) is 0 Å². The smallest absolute Gasteiger partial charge is 0.198 e. The summed E-state index contributed by atoms with van der Waals surface area (Å²) in [7, 11) is 10.3. The van der Waals surface area contributed by atoms with Crippen molar-refractivity contribution in [2.45, 2.75) is 62.3 Å². The second-order valence-electron chi connectivity index (χ2n) is 7.34. The van der Waals surface area contributed by atoms with E-state index in [1.807, 2.05) is 70.5 Å². The molecule has 0 aliphatic rings. The van der Waals surface area contributed by atoms with Gasteiger partial charge in [0.2, 0.25) is 0 Å². The van der Waals surface area contributed by atoms with Gasteiger partial charge < -0.3 is 0 Å². The Balaban J connectivity index is 1.58. The van der Waals surface area contributed by atoms with Gasteiger partial charge in [0.05, 0.1) is 0 Å². The predicted octanol–water partition coefficient (Wildman–Crippen LogP) is 6.90. The summed E-state index contributed by atoms with van der Waals surface area (Å²) in [5.41, 5.74) is 5.99. The van der Waals surface area contributed by atoms with Crippen molar-refractivity contribution in [3.63, 3.8) is 0 Å². The molecule has 3 aromatic heterocycles. The van der Waals surface area contributed by atoms with Crippen LogP contribution in [0.25, 0.3) is 0 Å². The van der Waals surface area contributed by atoms with Gasteiger partial charge in [0.25, 0.3) is 0 Å². The lowest BCUT2D eigenvalue weighted by atomic mass is 10.4. The third-order valence-corrected chi connectivity index (χ3v) is 11.3. The zero-order valence-electron chi connectivity index (χ0n) is 19.4. The summed E-state index contributed by atoms with van der Waals surface area (Å²) in [5, 5.41) is 2.83. The van der Waals surface area contributed by atoms with E-state index in [-0.39, 0.29) is 0 Å². The Morgan fingerprint density at radius 1 is 0.515 bits per heavy atom. The van der Waals surface area contributed by atoms with Gasteiger partial charge in [-0.1, -0.05) is 32.4 Å². The first-order valence-corrected chi connectivity index (χ1v) is 17.0. The minimum absolute atomic E-state index is 0.381. The van der Waals surface area contributed by atoms with Gasteiger partial charge in [0, 0.05) is 50.9 Å². The molecule has 0 aromatic carbocycles. The maximum Gasteiger partial charge on any atom is 0.198 e. The van der Waals surface area contributed by atoms with Gasteiger partial charge in [0.15, 0.2) is 15.5 Å². The normalized spacial score (nSPS) is 11.4. The van der Waals surface area contributed by atoms with Crippen LogP contribution in [-0.2, 0) is 0 Å². The van der Waals surface area contributed by atoms with Crippen molar-refractivity contribution in [3.05, 3.63) is 52.4 Å². The van der Waals surface area contributed by atoms with Crippen LogP contribution in [0.3, 0.4) is 0 Å². The summed E-state index contributed by atoms with van der Waals surface area (Å²) in [6.07, 6.45) is 0. The van der Waals surface area contributed by atoms with E-state index in [0.29, 0.717) is 5.25 Å². The van der Waals surface area contributed by atoms with Crippen LogP contribution in [0.1, 0.15) is 34.2 Å². The van der Waals surface area contributed by atoms with E-state index in [1.54, 1.807) is 54.0 Å². The van der Waals surface area contributed by atoms with E-state index in [2.05, 4.69) is 29.9 Å². The molecule has 0 saturated heterocycles. The highest BCUT2D eigenvalue weighted by atomic mass is 33.1. The highest BCUT2D eigenvalue weighted by Crippen LogP contribution is 2.41. The minimum Gasteiger partial charge on any atom is -0.227 e. The molecule has 3 heterocycles. The van der Waals surface area contributed by atoms with Gasteiger partial charge in [-0.25, -0.2) is 29.9 Å². The molecule has 3 rings (SSSR count). The van der Waals surface area contributed by atoms with Crippen LogP contribution in [0, 0.1) is 41.5 Å². The van der Waals surface area contributed by atoms with Crippen molar-refractivity contribution in [2.24, 2.45) is 0 Å². The third-order valence-electron chi connectivity index (χ3n) is 3.92. The molecule has 0 radical (unpaired) electrons. The van der Waals surface area contributed by atoms with Gasteiger partial charge >= 0.3 is 0 Å². The molecule has 0 aliphatic carbocycles. The average molecular weight is 555 g/mol. The van der Waals surface area contributed by atoms with Crippen LogP contribution in [0.2, 0.25) is 0 Å². The number of rotatable bonds is 11. The molecule has 0 fully saturated rings. The Bertz CT molecular complexity index is 965. The maximum atomic E-state index is 4.57. The molecule has 0 unspecified atom stereocenters. The molecule has 33 heavy (non-hydrogen) atoms. The van der Waals surface area contributed by atoms with Gasteiger partial charge in [-0.05, 0) is 92.1 Å². The molecule has 0 N–H and O–H groups in total. The molecule has 0 saturated carbocycles. The molecule has 176 valence electrons. The van der Waals surface area contributed by atoms with E-state index in [4.69, 9.17) is 0 Å². The Morgan fingerprint density at radius 3 is 1.15 bits per heavy atom. The quantitative estimate of drug-likeness (QED) is 0.183. The molecular formula is C21H26N6S6. The van der Waals surface area contributed by atoms with E-state index in [9.17, 15) is 0 Å². The second-order valence-corrected chi connectivity index (χ2v) is 14.4. The largest absolute Gasteiger partial charge is 0.227 e. The Hall–Kier alpha value is -0.660. The topological polar surface area (TPSA) is 77.3 Å². The van der Waals surface area contributed by atoms with Crippen molar-refractivity contribution >= 4 is 64.8 Å². The molecule has 12 heteroatoms. The predicted molar refractivity (Wildman–Crippen MR) is 148 cm³/mol. The number of hydrogen-bond donors (Lipinski definition) is 0. The standard InChI is InChI=1S/C21H26N6S6/c1-12-7-13(2)23-19(22-12)31-28-10-18(30-33-21-26-16(5)9-17(6)27-21)11-29-32-20-24-14(3)8-15(4)25-20/h7-9,18H,10-11H2,1-6H3. The van der Waals surface area contributed by atoms with Gasteiger partial charge in [0.1, 0.15) is 0 Å². The number of aryl methyl sites for hydroxylation is 6. The summed E-state index contributed by atoms with van der Waals surface area (Å²) < 4.78 is 0. The molecule has 0 amide bonds.